The molecule has 0 radical (unpaired) electrons. The van der Waals surface area contributed by atoms with E-state index in [0.717, 1.165) is 0 Å². The van der Waals surface area contributed by atoms with E-state index in [0.29, 0.717) is 5.25 Å². The van der Waals surface area contributed by atoms with E-state index >= 15 is 0 Å². The Hall–Kier alpha value is -0.430. The summed E-state index contributed by atoms with van der Waals surface area (Å²) in [5.41, 5.74) is 1.41. The lowest BCUT2D eigenvalue weighted by Gasteiger charge is -2.06. The molecule has 0 unspecified atom stereocenters. The second-order valence-electron chi connectivity index (χ2n) is 2.29. The molecule has 1 atom stereocenters. The van der Waals surface area contributed by atoms with Gasteiger partial charge in [-0.3, -0.25) is 0 Å². The Bertz CT molecular complexity index is 181. The topological polar surface area (TPSA) is 0 Å². The molecule has 0 aromatic heterocycles. The lowest BCUT2D eigenvalue weighted by Crippen LogP contribution is -1.84. The molecule has 0 heterocycles. The Morgan fingerprint density at radius 3 is 2.30 bits per heavy atom. The van der Waals surface area contributed by atoms with Crippen molar-refractivity contribution < 1.29 is 0 Å². The van der Waals surface area contributed by atoms with Crippen LogP contribution in [0.25, 0.3) is 0 Å². The van der Waals surface area contributed by atoms with E-state index in [4.69, 9.17) is 0 Å². The van der Waals surface area contributed by atoms with Gasteiger partial charge in [0.1, 0.15) is 0 Å². The van der Waals surface area contributed by atoms with Gasteiger partial charge in [-0.2, -0.15) is 11.8 Å². The predicted molar refractivity (Wildman–Crippen MR) is 48.4 cm³/mol. The molecule has 0 spiro atoms. The van der Waals surface area contributed by atoms with Crippen LogP contribution < -0.4 is 0 Å². The number of hydrogen-bond donors (Lipinski definition) is 0. The minimum Gasteiger partial charge on any atom is -0.158 e. The van der Waals surface area contributed by atoms with Gasteiger partial charge in [-0.15, -0.1) is 0 Å². The van der Waals surface area contributed by atoms with Crippen LogP contribution in [0.15, 0.2) is 30.3 Å². The van der Waals surface area contributed by atoms with Crippen molar-refractivity contribution in [3.8, 4) is 0 Å². The summed E-state index contributed by atoms with van der Waals surface area (Å²) in [5.74, 6) is 0. The molecular weight excluding hydrogens is 140 g/mol. The van der Waals surface area contributed by atoms with Crippen molar-refractivity contribution in [1.82, 2.24) is 0 Å². The zero-order valence-electron chi connectivity index (χ0n) is 6.37. The van der Waals surface area contributed by atoms with Gasteiger partial charge >= 0.3 is 0 Å². The third-order valence-corrected chi connectivity index (χ3v) is 2.60. The van der Waals surface area contributed by atoms with Gasteiger partial charge in [-0.05, 0) is 18.7 Å². The highest BCUT2D eigenvalue weighted by Crippen LogP contribution is 2.24. The summed E-state index contributed by atoms with van der Waals surface area (Å²) in [7, 11) is 0. The van der Waals surface area contributed by atoms with Crippen LogP contribution in [0.1, 0.15) is 17.7 Å². The molecule has 0 aliphatic heterocycles. The molecule has 0 saturated heterocycles. The van der Waals surface area contributed by atoms with E-state index in [9.17, 15) is 0 Å². The molecule has 54 valence electrons. The smallest absolute Gasteiger partial charge is 0.0266 e. The zero-order chi connectivity index (χ0) is 7.40. The molecule has 1 aromatic rings. The molecule has 0 nitrogen and oxygen atoms in total. The second kappa shape index (κ2) is 3.67. The summed E-state index contributed by atoms with van der Waals surface area (Å²) in [6.45, 7) is 2.22. The highest BCUT2D eigenvalue weighted by Gasteiger charge is 1.99. The molecule has 0 N–H and O–H groups in total. The van der Waals surface area contributed by atoms with Crippen molar-refractivity contribution in [3.05, 3.63) is 35.9 Å². The molecule has 0 amide bonds. The summed E-state index contributed by atoms with van der Waals surface area (Å²) in [4.78, 5) is 0. The van der Waals surface area contributed by atoms with E-state index in [1.165, 1.54) is 5.56 Å². The van der Waals surface area contributed by atoms with Gasteiger partial charge in [-0.1, -0.05) is 30.3 Å². The van der Waals surface area contributed by atoms with Crippen LogP contribution in [-0.4, -0.2) is 6.26 Å². The van der Waals surface area contributed by atoms with Crippen LogP contribution in [0.4, 0.5) is 0 Å². The van der Waals surface area contributed by atoms with Crippen molar-refractivity contribution in [2.75, 3.05) is 6.26 Å². The maximum absolute atomic E-state index is 2.22. The van der Waals surface area contributed by atoms with Gasteiger partial charge in [0.05, 0.1) is 0 Å². The van der Waals surface area contributed by atoms with Crippen molar-refractivity contribution in [2.24, 2.45) is 0 Å². The molecule has 0 bridgehead atoms. The van der Waals surface area contributed by atoms with E-state index in [-0.39, 0.29) is 0 Å². The first-order valence-corrected chi connectivity index (χ1v) is 4.71. The van der Waals surface area contributed by atoms with E-state index in [2.05, 4.69) is 43.5 Å². The first-order valence-electron chi connectivity index (χ1n) is 3.42. The van der Waals surface area contributed by atoms with E-state index in [1.807, 2.05) is 11.8 Å². The fraction of sp³-hybridized carbons (Fsp3) is 0.333. The molecule has 10 heavy (non-hydrogen) atoms. The highest BCUT2D eigenvalue weighted by molar-refractivity contribution is 7.98. The quantitative estimate of drug-likeness (QED) is 0.627. The Balaban J connectivity index is 2.75. The first-order chi connectivity index (χ1) is 4.84. The third kappa shape index (κ3) is 1.77. The van der Waals surface area contributed by atoms with E-state index in [1.54, 1.807) is 0 Å². The van der Waals surface area contributed by atoms with Gasteiger partial charge in [0.15, 0.2) is 0 Å². The minimum atomic E-state index is 0.626. The number of thioether (sulfide) groups is 1. The van der Waals surface area contributed by atoms with Crippen LogP contribution in [0, 0.1) is 0 Å². The van der Waals surface area contributed by atoms with Crippen LogP contribution >= 0.6 is 11.8 Å². The van der Waals surface area contributed by atoms with Crippen LogP contribution in [0.3, 0.4) is 0 Å². The van der Waals surface area contributed by atoms with Crippen LogP contribution in [0.5, 0.6) is 0 Å². The molecular formula is C9H12S. The van der Waals surface area contributed by atoms with Crippen molar-refractivity contribution in [3.63, 3.8) is 0 Å². The lowest BCUT2D eigenvalue weighted by molar-refractivity contribution is 1.10. The Labute approximate surface area is 66.6 Å². The average Bonchev–Trinajstić information content (AvgIpc) is 2.05. The van der Waals surface area contributed by atoms with Crippen LogP contribution in [-0.2, 0) is 0 Å². The third-order valence-electron chi connectivity index (χ3n) is 1.62. The Morgan fingerprint density at radius 2 is 1.80 bits per heavy atom. The fourth-order valence-electron chi connectivity index (χ4n) is 0.860. The standard InChI is InChI=1S/C9H12S/c1-8(10-2)9-6-4-3-5-7-9/h3-8H,1-2H3/t8-/m1/s1. The molecule has 0 aliphatic rings. The summed E-state index contributed by atoms with van der Waals surface area (Å²) in [6.07, 6.45) is 2.14. The first kappa shape index (κ1) is 7.67. The monoisotopic (exact) mass is 152 g/mol. The normalized spacial score (nSPS) is 13.0. The van der Waals surface area contributed by atoms with Crippen LogP contribution in [0.2, 0.25) is 0 Å². The molecule has 0 aliphatic carbocycles. The lowest BCUT2D eigenvalue weighted by atomic mass is 10.2. The minimum absolute atomic E-state index is 0.626. The SMILES string of the molecule is CS[C@H](C)c1ccccc1. The second-order valence-corrected chi connectivity index (χ2v) is 3.47. The summed E-state index contributed by atoms with van der Waals surface area (Å²) in [6, 6.07) is 10.6. The van der Waals surface area contributed by atoms with Gasteiger partial charge in [0, 0.05) is 5.25 Å². The van der Waals surface area contributed by atoms with Gasteiger partial charge in [0.2, 0.25) is 0 Å². The number of rotatable bonds is 2. The van der Waals surface area contributed by atoms with Crippen molar-refractivity contribution >= 4 is 11.8 Å². The molecule has 1 heteroatoms. The maximum Gasteiger partial charge on any atom is 0.0266 e. The van der Waals surface area contributed by atoms with E-state index < -0.39 is 0 Å². The predicted octanol–water partition coefficient (Wildman–Crippen LogP) is 3.11. The maximum atomic E-state index is 2.22. The number of benzene rings is 1. The van der Waals surface area contributed by atoms with Crippen molar-refractivity contribution in [2.45, 2.75) is 12.2 Å². The fourth-order valence-corrected chi connectivity index (χ4v) is 1.29. The zero-order valence-corrected chi connectivity index (χ0v) is 7.19. The van der Waals surface area contributed by atoms with Crippen molar-refractivity contribution in [1.29, 1.82) is 0 Å². The summed E-state index contributed by atoms with van der Waals surface area (Å²) >= 11 is 1.88. The van der Waals surface area contributed by atoms with Gasteiger partial charge in [-0.25, -0.2) is 0 Å². The summed E-state index contributed by atoms with van der Waals surface area (Å²) < 4.78 is 0. The molecule has 0 fully saturated rings. The Kier molecular flexibility index (Phi) is 2.82. The number of hydrogen-bond acceptors (Lipinski definition) is 1. The summed E-state index contributed by atoms with van der Waals surface area (Å²) in [5, 5.41) is 0.626. The van der Waals surface area contributed by atoms with Gasteiger partial charge in [0.25, 0.3) is 0 Å². The Morgan fingerprint density at radius 1 is 1.20 bits per heavy atom. The molecule has 0 saturated carbocycles. The largest absolute Gasteiger partial charge is 0.158 e. The molecule has 1 rings (SSSR count). The average molecular weight is 152 g/mol. The molecule has 1 aromatic carbocycles. The van der Waals surface area contributed by atoms with Gasteiger partial charge < -0.3 is 0 Å². The highest BCUT2D eigenvalue weighted by atomic mass is 32.2.